The lowest BCUT2D eigenvalue weighted by Gasteiger charge is -2.24. The summed E-state index contributed by atoms with van der Waals surface area (Å²) in [5.41, 5.74) is 0. The lowest BCUT2D eigenvalue weighted by molar-refractivity contribution is -0.145. The van der Waals surface area contributed by atoms with Gasteiger partial charge in [0.2, 0.25) is 10.0 Å². The highest BCUT2D eigenvalue weighted by atomic mass is 32.2. The van der Waals surface area contributed by atoms with Crippen LogP contribution in [-0.2, 0) is 29.1 Å². The van der Waals surface area contributed by atoms with Crippen LogP contribution in [0.15, 0.2) is 0 Å². The van der Waals surface area contributed by atoms with Crippen LogP contribution in [0.3, 0.4) is 0 Å². The van der Waals surface area contributed by atoms with E-state index in [9.17, 15) is 18.0 Å². The smallest absolute Gasteiger partial charge is 0.324 e. The molecule has 0 aromatic rings. The topological polar surface area (TPSA) is 98.8 Å². The van der Waals surface area contributed by atoms with Crippen LogP contribution >= 0.6 is 0 Å². The fourth-order valence-corrected chi connectivity index (χ4v) is 4.62. The number of esters is 2. The van der Waals surface area contributed by atoms with Crippen molar-refractivity contribution in [3.63, 3.8) is 0 Å². The summed E-state index contributed by atoms with van der Waals surface area (Å²) in [5.74, 6) is -2.11. The second kappa shape index (κ2) is 7.22. The lowest BCUT2D eigenvalue weighted by atomic mass is 10.1. The molecule has 0 aliphatic heterocycles. The van der Waals surface area contributed by atoms with Crippen molar-refractivity contribution in [2.45, 2.75) is 44.4 Å². The lowest BCUT2D eigenvalue weighted by Crippen LogP contribution is -2.49. The van der Waals surface area contributed by atoms with E-state index in [1.54, 1.807) is 13.8 Å². The van der Waals surface area contributed by atoms with Crippen molar-refractivity contribution in [3.8, 4) is 0 Å². The van der Waals surface area contributed by atoms with Crippen LogP contribution in [0.2, 0.25) is 0 Å². The molecule has 21 heavy (non-hydrogen) atoms. The number of methoxy groups -OCH3 is 2. The molecule has 1 fully saturated rings. The van der Waals surface area contributed by atoms with Gasteiger partial charge in [-0.05, 0) is 18.8 Å². The number of ether oxygens (including phenoxy) is 2. The van der Waals surface area contributed by atoms with Crippen LogP contribution in [0, 0.1) is 11.8 Å². The van der Waals surface area contributed by atoms with Gasteiger partial charge in [-0.25, -0.2) is 13.1 Å². The quantitative estimate of drug-likeness (QED) is 0.713. The Morgan fingerprint density at radius 2 is 1.76 bits per heavy atom. The van der Waals surface area contributed by atoms with E-state index in [4.69, 9.17) is 0 Å². The van der Waals surface area contributed by atoms with Gasteiger partial charge in [0, 0.05) is 0 Å². The molecule has 1 saturated carbocycles. The number of sulfonamides is 1. The van der Waals surface area contributed by atoms with Gasteiger partial charge in [0.25, 0.3) is 0 Å². The summed E-state index contributed by atoms with van der Waals surface area (Å²) in [7, 11) is -1.37. The largest absolute Gasteiger partial charge is 0.469 e. The second-order valence-electron chi connectivity index (χ2n) is 5.51. The third-order valence-electron chi connectivity index (χ3n) is 3.77. The highest BCUT2D eigenvalue weighted by molar-refractivity contribution is 7.90. The van der Waals surface area contributed by atoms with E-state index in [1.165, 1.54) is 14.2 Å². The average molecular weight is 321 g/mol. The minimum absolute atomic E-state index is 0.259. The van der Waals surface area contributed by atoms with E-state index >= 15 is 0 Å². The Balaban J connectivity index is 2.94. The Morgan fingerprint density at radius 1 is 1.14 bits per heavy atom. The molecule has 0 saturated heterocycles. The molecule has 0 heterocycles. The van der Waals surface area contributed by atoms with Gasteiger partial charge in [-0.1, -0.05) is 20.3 Å². The molecule has 0 aromatic heterocycles. The maximum Gasteiger partial charge on any atom is 0.324 e. The minimum Gasteiger partial charge on any atom is -0.469 e. The van der Waals surface area contributed by atoms with Crippen LogP contribution in [0.4, 0.5) is 0 Å². The Hall–Kier alpha value is -1.15. The molecule has 1 N–H and O–H groups in total. The summed E-state index contributed by atoms with van der Waals surface area (Å²) in [5, 5.41) is -0.865. The molecule has 8 heteroatoms. The number of carbonyl (C=O) groups excluding carboxylic acids is 2. The molecule has 7 nitrogen and oxygen atoms in total. The van der Waals surface area contributed by atoms with Gasteiger partial charge in [-0.2, -0.15) is 0 Å². The maximum absolute atomic E-state index is 12.5. The molecule has 1 rings (SSSR count). The molecule has 3 atom stereocenters. The van der Waals surface area contributed by atoms with Gasteiger partial charge in [-0.3, -0.25) is 9.59 Å². The maximum atomic E-state index is 12.5. The van der Waals surface area contributed by atoms with Crippen LogP contribution in [0.1, 0.15) is 33.1 Å². The Bertz CT molecular complexity index is 487. The number of rotatable bonds is 6. The molecule has 0 radical (unpaired) electrons. The fourth-order valence-electron chi connectivity index (χ4n) is 2.57. The van der Waals surface area contributed by atoms with E-state index < -0.39 is 39.2 Å². The third-order valence-corrected chi connectivity index (χ3v) is 5.71. The zero-order valence-corrected chi connectivity index (χ0v) is 13.6. The summed E-state index contributed by atoms with van der Waals surface area (Å²) >= 11 is 0. The highest BCUT2D eigenvalue weighted by Gasteiger charge is 2.44. The molecule has 0 spiro atoms. The first-order valence-corrected chi connectivity index (χ1v) is 8.46. The van der Waals surface area contributed by atoms with E-state index in [2.05, 4.69) is 14.2 Å². The molecule has 0 amide bonds. The first-order chi connectivity index (χ1) is 9.74. The molecular formula is C13H23NO6S. The Labute approximate surface area is 125 Å². The van der Waals surface area contributed by atoms with Gasteiger partial charge in [0.15, 0.2) is 0 Å². The molecule has 3 unspecified atom stereocenters. The van der Waals surface area contributed by atoms with E-state index in [0.717, 1.165) is 0 Å². The number of carbonyl (C=O) groups is 2. The molecule has 1 aliphatic carbocycles. The molecule has 1 aliphatic rings. The predicted molar refractivity (Wildman–Crippen MR) is 75.8 cm³/mol. The zero-order chi connectivity index (χ0) is 16.2. The Morgan fingerprint density at radius 3 is 2.24 bits per heavy atom. The first-order valence-electron chi connectivity index (χ1n) is 6.91. The zero-order valence-electron chi connectivity index (χ0n) is 12.8. The van der Waals surface area contributed by atoms with Crippen molar-refractivity contribution < 1.29 is 27.5 Å². The molecule has 0 aromatic carbocycles. The second-order valence-corrected chi connectivity index (χ2v) is 7.44. The van der Waals surface area contributed by atoms with Crippen LogP contribution in [0.25, 0.3) is 0 Å². The van der Waals surface area contributed by atoms with Gasteiger partial charge < -0.3 is 9.47 Å². The third kappa shape index (κ3) is 4.16. The number of hydrogen-bond donors (Lipinski definition) is 1. The summed E-state index contributed by atoms with van der Waals surface area (Å²) in [6, 6.07) is -0.959. The number of nitrogens with one attached hydrogen (secondary N) is 1. The van der Waals surface area contributed by atoms with E-state index in [0.29, 0.717) is 19.3 Å². The van der Waals surface area contributed by atoms with Gasteiger partial charge >= 0.3 is 11.9 Å². The summed E-state index contributed by atoms with van der Waals surface area (Å²) < 4.78 is 36.6. The molecule has 0 bridgehead atoms. The fraction of sp³-hybridized carbons (Fsp3) is 0.846. The summed E-state index contributed by atoms with van der Waals surface area (Å²) in [6.07, 6.45) is 1.49. The Kier molecular flexibility index (Phi) is 6.15. The predicted octanol–water partition coefficient (Wildman–Crippen LogP) is 0.445. The van der Waals surface area contributed by atoms with Crippen LogP contribution in [0.5, 0.6) is 0 Å². The van der Waals surface area contributed by atoms with Crippen molar-refractivity contribution in [1.29, 1.82) is 0 Å². The molecule has 122 valence electrons. The minimum atomic E-state index is -3.82. The highest BCUT2D eigenvalue weighted by Crippen LogP contribution is 2.32. The van der Waals surface area contributed by atoms with Crippen molar-refractivity contribution in [1.82, 2.24) is 4.72 Å². The van der Waals surface area contributed by atoms with Crippen LogP contribution < -0.4 is 4.72 Å². The summed E-state index contributed by atoms with van der Waals surface area (Å²) in [4.78, 5) is 23.4. The number of hydrogen-bond acceptors (Lipinski definition) is 6. The normalized spacial score (nSPS) is 23.9. The van der Waals surface area contributed by atoms with Crippen molar-refractivity contribution >= 4 is 22.0 Å². The summed E-state index contributed by atoms with van der Waals surface area (Å²) in [6.45, 7) is 3.44. The van der Waals surface area contributed by atoms with Crippen molar-refractivity contribution in [2.24, 2.45) is 11.8 Å². The van der Waals surface area contributed by atoms with E-state index in [-0.39, 0.29) is 5.92 Å². The average Bonchev–Trinajstić information content (AvgIpc) is 2.93. The van der Waals surface area contributed by atoms with E-state index in [1.807, 2.05) is 0 Å². The first kappa shape index (κ1) is 17.9. The van der Waals surface area contributed by atoms with Gasteiger partial charge in [0.1, 0.15) is 6.04 Å². The van der Waals surface area contributed by atoms with Crippen molar-refractivity contribution in [2.75, 3.05) is 14.2 Å². The SMILES string of the molecule is COC(=O)C1CCCC1S(=O)(=O)NC(C(=O)OC)C(C)C. The van der Waals surface area contributed by atoms with Crippen LogP contribution in [-0.4, -0.2) is 45.9 Å². The van der Waals surface area contributed by atoms with Gasteiger partial charge in [-0.15, -0.1) is 0 Å². The standard InChI is InChI=1S/C13H23NO6S/c1-8(2)11(13(16)20-4)14-21(17,18)10-7-5-6-9(10)12(15)19-3/h8-11,14H,5-7H2,1-4H3. The van der Waals surface area contributed by atoms with Crippen molar-refractivity contribution in [3.05, 3.63) is 0 Å². The van der Waals surface area contributed by atoms with Gasteiger partial charge in [0.05, 0.1) is 25.4 Å². The molecular weight excluding hydrogens is 298 g/mol. The monoisotopic (exact) mass is 321 g/mol.